The van der Waals surface area contributed by atoms with Crippen LogP contribution in [0.2, 0.25) is 0 Å². The van der Waals surface area contributed by atoms with Crippen LogP contribution in [0.1, 0.15) is 420 Å². The minimum absolute atomic E-state index is 0. The fourth-order valence-corrected chi connectivity index (χ4v) is 14.5. The van der Waals surface area contributed by atoms with Crippen molar-refractivity contribution in [1.82, 2.24) is 4.90 Å². The first-order valence-electron chi connectivity index (χ1n) is 42.5. The number of nitrogens with zero attached hydrogens (tertiary/aromatic N) is 1. The molecule has 5 aliphatic rings. The summed E-state index contributed by atoms with van der Waals surface area (Å²) < 4.78 is 27.0. The van der Waals surface area contributed by atoms with Crippen molar-refractivity contribution in [1.29, 1.82) is 0 Å². The third-order valence-corrected chi connectivity index (χ3v) is 20.8. The Labute approximate surface area is 604 Å². The van der Waals surface area contributed by atoms with E-state index in [9.17, 15) is 4.79 Å². The first-order chi connectivity index (χ1) is 47.4. The number of likely N-dealkylation sites (tertiary alicyclic amines) is 1. The molecule has 6 nitrogen and oxygen atoms in total. The first-order valence-corrected chi connectivity index (χ1v) is 42.5. The van der Waals surface area contributed by atoms with Crippen LogP contribution in [0, 0.1) is 0 Å². The highest BCUT2D eigenvalue weighted by Crippen LogP contribution is 2.44. The van der Waals surface area contributed by atoms with Gasteiger partial charge in [-0.15, -0.1) is 0 Å². The number of allylic oxidation sites excluding steroid dienone is 16. The lowest BCUT2D eigenvalue weighted by Gasteiger charge is -2.36. The molecule has 0 aromatic carbocycles. The van der Waals surface area contributed by atoms with Crippen LogP contribution >= 0.6 is 0 Å². The van der Waals surface area contributed by atoms with Crippen molar-refractivity contribution in [3.63, 3.8) is 0 Å². The Hall–Kier alpha value is -2.61. The van der Waals surface area contributed by atoms with Crippen LogP contribution < -0.4 is 0 Å². The maximum absolute atomic E-state index is 10.5. The number of hydrogen-bond acceptors (Lipinski definition) is 6. The van der Waals surface area contributed by atoms with Crippen molar-refractivity contribution < 1.29 is 23.7 Å². The number of Topliss-reactive ketones (excluding diaryl/α,β-unsaturated/α-hetero) is 1. The van der Waals surface area contributed by atoms with E-state index in [1.807, 2.05) is 0 Å². The van der Waals surface area contributed by atoms with Gasteiger partial charge in [0.2, 0.25) is 0 Å². The standard InChI is InChI=1S/C42H75NO2.C42H74O2.C6H10O.CH4/c1-4-6-8-10-12-14-16-18-20-22-24-26-28-30-32-34-40-41(45-42(44-40)36-38-43(3)39-37-42)35-33-31-29-27-25-23-21-19-17-15-13-11-9-7-5-2;1-3-5-7-9-11-13-15-17-19-21-23-25-27-29-32-36-40-41(44-42(43-40)38-34-31-35-39-42)37-33-30-28-26-24-22-20-18-16-14-12-10-8-6-4-2;7-6-4-2-1-3-5-6;/h12-15,18-21,40-41H,4-11,16-17,22-39H2,1-3H3;11-14,17-20,40-41H,3-10,15-16,21-39H2,1-2H3;1-5H2;1H4/b14-12-,15-13-,20-18-,21-19-;13-11-,14-12-,19-17-,20-18-;;. The molecule has 0 aromatic rings. The smallest absolute Gasteiger partial charge is 0.171 e. The van der Waals surface area contributed by atoms with Gasteiger partial charge >= 0.3 is 0 Å². The van der Waals surface area contributed by atoms with Crippen LogP contribution in [0.4, 0.5) is 0 Å². The summed E-state index contributed by atoms with van der Waals surface area (Å²) in [4.78, 5) is 12.9. The summed E-state index contributed by atoms with van der Waals surface area (Å²) in [6.45, 7) is 11.3. The first kappa shape index (κ1) is 90.5. The molecule has 5 rings (SSSR count). The fourth-order valence-electron chi connectivity index (χ4n) is 14.5. The molecule has 0 aromatic heterocycles. The second-order valence-corrected chi connectivity index (χ2v) is 30.0. The zero-order chi connectivity index (χ0) is 68.4. The van der Waals surface area contributed by atoms with Gasteiger partial charge in [-0.05, 0) is 187 Å². The van der Waals surface area contributed by atoms with Crippen LogP contribution in [0.3, 0.4) is 0 Å². The molecule has 562 valence electrons. The third kappa shape index (κ3) is 51.2. The SMILES string of the molecule is C.CCCCC/C=C\C/C=C\CCCCCCCC1OC2(CCCCC2)OC1CCCCCCC/C=C\C/C=C\CCCCC.CCCCC/C=C\C/C=C\CCCCCCCC1OC2(CCN(C)CC2)OC1CCCCCCC/C=C\C/C=C\CCCCC.O=C1CCCCC1. The molecular weight excluding hydrogens is 1190 g/mol. The molecule has 3 aliphatic heterocycles. The number of piperidine rings is 1. The number of carbonyl (C=O) groups excluding carboxylic acids is 1. The zero-order valence-electron chi connectivity index (χ0n) is 64.4. The minimum Gasteiger partial charge on any atom is -0.344 e. The van der Waals surface area contributed by atoms with Crippen molar-refractivity contribution in [2.45, 2.75) is 456 Å². The summed E-state index contributed by atoms with van der Waals surface area (Å²) in [5, 5.41) is 0. The van der Waals surface area contributed by atoms with Crippen molar-refractivity contribution in [3.8, 4) is 0 Å². The summed E-state index contributed by atoms with van der Waals surface area (Å²) in [5.41, 5.74) is 0. The lowest BCUT2D eigenvalue weighted by molar-refractivity contribution is -0.200. The van der Waals surface area contributed by atoms with E-state index in [0.29, 0.717) is 30.2 Å². The van der Waals surface area contributed by atoms with Crippen molar-refractivity contribution in [2.24, 2.45) is 0 Å². The molecule has 5 fully saturated rings. The van der Waals surface area contributed by atoms with E-state index in [0.717, 1.165) is 90.1 Å². The monoisotopic (exact) mass is 1350 g/mol. The molecule has 0 amide bonds. The topological polar surface area (TPSA) is 57.2 Å². The van der Waals surface area contributed by atoms with E-state index >= 15 is 0 Å². The number of ether oxygens (including phenoxy) is 4. The van der Waals surface area contributed by atoms with E-state index in [1.165, 1.54) is 308 Å². The van der Waals surface area contributed by atoms with Crippen molar-refractivity contribution >= 4 is 5.78 Å². The van der Waals surface area contributed by atoms with Gasteiger partial charge in [0.1, 0.15) is 5.78 Å². The van der Waals surface area contributed by atoms with Gasteiger partial charge in [0.05, 0.1) is 24.4 Å². The predicted octanol–water partition coefficient (Wildman–Crippen LogP) is 29.0. The molecule has 3 saturated heterocycles. The molecule has 4 atom stereocenters. The molecule has 2 aliphatic carbocycles. The molecule has 97 heavy (non-hydrogen) atoms. The number of rotatable bonds is 56. The molecule has 6 heteroatoms. The van der Waals surface area contributed by atoms with Crippen molar-refractivity contribution in [2.75, 3.05) is 20.1 Å². The van der Waals surface area contributed by atoms with Crippen LogP contribution in [0.5, 0.6) is 0 Å². The second kappa shape index (κ2) is 66.6. The summed E-state index contributed by atoms with van der Waals surface area (Å²) in [6, 6.07) is 0. The Kier molecular flexibility index (Phi) is 62.1. The Balaban J connectivity index is 0.000000592. The second-order valence-electron chi connectivity index (χ2n) is 30.0. The maximum Gasteiger partial charge on any atom is 0.171 e. The molecule has 2 saturated carbocycles. The Morgan fingerprint density at radius 2 is 0.526 bits per heavy atom. The summed E-state index contributed by atoms with van der Waals surface area (Å²) in [5.74, 6) is -0.0661. The normalized spacial score (nSPS) is 20.6. The highest BCUT2D eigenvalue weighted by atomic mass is 16.8. The molecular formula is C91H163NO5. The quantitative estimate of drug-likeness (QED) is 0.0447. The van der Waals surface area contributed by atoms with E-state index < -0.39 is 0 Å². The Bertz CT molecular complexity index is 1840. The number of hydrogen-bond donors (Lipinski definition) is 0. The van der Waals surface area contributed by atoms with Crippen LogP contribution in [-0.4, -0.2) is 66.8 Å². The fraction of sp³-hybridized carbons (Fsp3) is 0.813. The van der Waals surface area contributed by atoms with E-state index in [2.05, 4.69) is 137 Å². The molecule has 0 radical (unpaired) electrons. The number of ketones is 1. The molecule has 0 bridgehead atoms. The highest BCUT2D eigenvalue weighted by molar-refractivity contribution is 5.78. The van der Waals surface area contributed by atoms with Crippen LogP contribution in [0.25, 0.3) is 0 Å². The molecule has 2 spiro atoms. The predicted molar refractivity (Wildman–Crippen MR) is 427 cm³/mol. The van der Waals surface area contributed by atoms with Gasteiger partial charge in [-0.2, -0.15) is 0 Å². The van der Waals surface area contributed by atoms with E-state index in [-0.39, 0.29) is 19.0 Å². The van der Waals surface area contributed by atoms with Gasteiger partial charge in [-0.25, -0.2) is 0 Å². The van der Waals surface area contributed by atoms with Gasteiger partial charge in [-0.1, -0.05) is 299 Å². The summed E-state index contributed by atoms with van der Waals surface area (Å²) in [7, 11) is 2.22. The van der Waals surface area contributed by atoms with Crippen LogP contribution in [-0.2, 0) is 23.7 Å². The third-order valence-electron chi connectivity index (χ3n) is 20.8. The average molecular weight is 1350 g/mol. The molecule has 0 N–H and O–H groups in total. The largest absolute Gasteiger partial charge is 0.344 e. The average Bonchev–Trinajstić information content (AvgIpc) is 1.67. The number of carbonyl (C=O) groups is 1. The molecule has 3 heterocycles. The van der Waals surface area contributed by atoms with Gasteiger partial charge in [0, 0.05) is 51.6 Å². The lowest BCUT2D eigenvalue weighted by Crippen LogP contribution is -2.44. The minimum atomic E-state index is -0.296. The maximum atomic E-state index is 10.5. The van der Waals surface area contributed by atoms with Crippen molar-refractivity contribution in [3.05, 3.63) is 97.2 Å². The van der Waals surface area contributed by atoms with Gasteiger partial charge in [0.15, 0.2) is 11.6 Å². The van der Waals surface area contributed by atoms with Gasteiger partial charge in [0.25, 0.3) is 0 Å². The zero-order valence-corrected chi connectivity index (χ0v) is 64.4. The summed E-state index contributed by atoms with van der Waals surface area (Å²) in [6.07, 6.45) is 114. The molecule has 4 unspecified atom stereocenters. The van der Waals surface area contributed by atoms with Gasteiger partial charge < -0.3 is 23.8 Å². The van der Waals surface area contributed by atoms with E-state index in [4.69, 9.17) is 18.9 Å². The highest BCUT2D eigenvalue weighted by Gasteiger charge is 2.49. The Morgan fingerprint density at radius 3 is 0.773 bits per heavy atom. The Morgan fingerprint density at radius 1 is 0.299 bits per heavy atom. The lowest BCUT2D eigenvalue weighted by atomic mass is 9.94. The van der Waals surface area contributed by atoms with Crippen LogP contribution in [0.15, 0.2) is 97.2 Å². The van der Waals surface area contributed by atoms with E-state index in [1.54, 1.807) is 0 Å². The number of unbranched alkanes of at least 4 members (excludes halogenated alkanes) is 32. The summed E-state index contributed by atoms with van der Waals surface area (Å²) >= 11 is 0. The van der Waals surface area contributed by atoms with Gasteiger partial charge in [-0.3, -0.25) is 4.79 Å².